The molecule has 0 aliphatic carbocycles. The summed E-state index contributed by atoms with van der Waals surface area (Å²) in [6, 6.07) is 17.5. The van der Waals surface area contributed by atoms with Crippen LogP contribution in [-0.4, -0.2) is 31.7 Å². The summed E-state index contributed by atoms with van der Waals surface area (Å²) in [5.41, 5.74) is 8.03. The van der Waals surface area contributed by atoms with Crippen molar-refractivity contribution in [1.29, 1.82) is 0 Å². The van der Waals surface area contributed by atoms with E-state index in [1.807, 2.05) is 61.5 Å². The van der Waals surface area contributed by atoms with E-state index in [9.17, 15) is 4.79 Å². The molecule has 1 aromatic heterocycles. The third kappa shape index (κ3) is 6.10. The fourth-order valence-corrected chi connectivity index (χ4v) is 2.93. The first-order valence-corrected chi connectivity index (χ1v) is 9.50. The van der Waals surface area contributed by atoms with Gasteiger partial charge in [0.2, 0.25) is 11.7 Å². The van der Waals surface area contributed by atoms with E-state index in [0.29, 0.717) is 18.8 Å². The molecule has 0 saturated carbocycles. The predicted octanol–water partition coefficient (Wildman–Crippen LogP) is 3.46. The summed E-state index contributed by atoms with van der Waals surface area (Å²) in [5, 5.41) is 15.5. The molecule has 1 amide bonds. The third-order valence-electron chi connectivity index (χ3n) is 4.59. The molecule has 29 heavy (non-hydrogen) atoms. The molecule has 1 heterocycles. The highest BCUT2D eigenvalue weighted by atomic mass is 35.5. The van der Waals surface area contributed by atoms with Crippen molar-refractivity contribution in [2.24, 2.45) is 5.73 Å². The second-order valence-corrected chi connectivity index (χ2v) is 7.14. The number of hydrogen-bond acceptors (Lipinski definition) is 5. The van der Waals surface area contributed by atoms with Crippen molar-refractivity contribution in [3.63, 3.8) is 0 Å². The summed E-state index contributed by atoms with van der Waals surface area (Å²) in [6.45, 7) is 4.40. The Kier molecular flexibility index (Phi) is 7.87. The summed E-state index contributed by atoms with van der Waals surface area (Å²) in [5.74, 6) is 0.456. The smallest absolute Gasteiger partial charge is 0.244 e. The monoisotopic (exact) mass is 414 g/mol. The van der Waals surface area contributed by atoms with Gasteiger partial charge in [-0.3, -0.25) is 4.79 Å². The Labute approximate surface area is 177 Å². The average molecular weight is 415 g/mol. The predicted molar refractivity (Wildman–Crippen MR) is 117 cm³/mol. The molecule has 0 bridgehead atoms. The lowest BCUT2D eigenvalue weighted by molar-refractivity contribution is -0.120. The molecule has 3 aromatic rings. The molecule has 7 nitrogen and oxygen atoms in total. The zero-order chi connectivity index (χ0) is 20.0. The van der Waals surface area contributed by atoms with Crippen LogP contribution in [0.15, 0.2) is 54.6 Å². The second-order valence-electron chi connectivity index (χ2n) is 7.14. The van der Waals surface area contributed by atoms with Crippen LogP contribution < -0.4 is 11.1 Å². The normalized spacial score (nSPS) is 12.7. The van der Waals surface area contributed by atoms with E-state index in [0.717, 1.165) is 29.7 Å². The number of anilines is 1. The molecule has 3 N–H and O–H groups in total. The summed E-state index contributed by atoms with van der Waals surface area (Å²) in [7, 11) is 0. The first-order chi connectivity index (χ1) is 13.5. The van der Waals surface area contributed by atoms with Gasteiger partial charge in [-0.2, -0.15) is 4.80 Å². The number of amides is 1. The van der Waals surface area contributed by atoms with Gasteiger partial charge < -0.3 is 11.1 Å². The molecule has 0 saturated heterocycles. The number of nitrogens with zero attached hydrogens (tertiary/aromatic N) is 4. The minimum absolute atomic E-state index is 0. The summed E-state index contributed by atoms with van der Waals surface area (Å²) >= 11 is 0. The van der Waals surface area contributed by atoms with Crippen molar-refractivity contribution < 1.29 is 4.79 Å². The maximum absolute atomic E-state index is 12.3. The molecule has 1 unspecified atom stereocenters. The first kappa shape index (κ1) is 22.5. The Morgan fingerprint density at radius 2 is 1.83 bits per heavy atom. The summed E-state index contributed by atoms with van der Waals surface area (Å²) < 4.78 is 0. The maximum atomic E-state index is 12.3. The fraction of sp³-hybridized carbons (Fsp3) is 0.333. The van der Waals surface area contributed by atoms with E-state index < -0.39 is 5.54 Å². The van der Waals surface area contributed by atoms with Gasteiger partial charge in [0, 0.05) is 11.3 Å². The molecule has 0 radical (unpaired) electrons. The average Bonchev–Trinajstić information content (AvgIpc) is 3.17. The van der Waals surface area contributed by atoms with Crippen LogP contribution in [0.5, 0.6) is 0 Å². The molecule has 1 atom stereocenters. The van der Waals surface area contributed by atoms with Gasteiger partial charge >= 0.3 is 0 Å². The number of rotatable bonds is 8. The molecule has 3 rings (SSSR count). The van der Waals surface area contributed by atoms with E-state index in [-0.39, 0.29) is 18.3 Å². The maximum Gasteiger partial charge on any atom is 0.244 e. The summed E-state index contributed by atoms with van der Waals surface area (Å²) in [4.78, 5) is 13.9. The number of aromatic nitrogens is 4. The van der Waals surface area contributed by atoms with E-state index in [2.05, 4.69) is 20.7 Å². The Bertz CT molecular complexity index is 908. The van der Waals surface area contributed by atoms with E-state index in [4.69, 9.17) is 5.73 Å². The topological polar surface area (TPSA) is 98.7 Å². The van der Waals surface area contributed by atoms with Crippen molar-refractivity contribution in [2.45, 2.75) is 45.2 Å². The van der Waals surface area contributed by atoms with Gasteiger partial charge in [0.25, 0.3) is 0 Å². The largest absolute Gasteiger partial charge is 0.325 e. The van der Waals surface area contributed by atoms with Gasteiger partial charge in [-0.25, -0.2) is 0 Å². The number of carbonyl (C=O) groups excluding carboxylic acids is 1. The Hall–Kier alpha value is -2.77. The first-order valence-electron chi connectivity index (χ1n) is 9.50. The molecular weight excluding hydrogens is 388 g/mol. The molecule has 0 aliphatic heterocycles. The van der Waals surface area contributed by atoms with Crippen LogP contribution in [0.25, 0.3) is 11.4 Å². The molecule has 8 heteroatoms. The number of benzene rings is 2. The highest BCUT2D eigenvalue weighted by Crippen LogP contribution is 2.16. The number of tetrazole rings is 1. The quantitative estimate of drug-likeness (QED) is 0.588. The highest BCUT2D eigenvalue weighted by Gasteiger charge is 2.27. The lowest BCUT2D eigenvalue weighted by Gasteiger charge is -2.22. The molecule has 0 spiro atoms. The number of nitrogens with two attached hydrogens (primary N) is 1. The number of nitrogens with one attached hydrogen (secondary N) is 1. The number of hydrogen-bond donors (Lipinski definition) is 2. The summed E-state index contributed by atoms with van der Waals surface area (Å²) in [6.07, 6.45) is 2.28. The zero-order valence-corrected chi connectivity index (χ0v) is 17.5. The molecular formula is C21H27ClN6O. The number of aryl methyl sites for hydroxylation is 2. The van der Waals surface area contributed by atoms with E-state index >= 15 is 0 Å². The fourth-order valence-electron chi connectivity index (χ4n) is 2.93. The standard InChI is InChI=1S/C21H26N6O.ClH/c1-3-14-21(2,22)20(28)23-18-11-9-16(10-12-18)13-15-27-25-19(24-26-27)17-7-5-4-6-8-17;/h4-12H,3,13-15,22H2,1-2H3,(H,23,28);1H. The van der Waals surface area contributed by atoms with Crippen LogP contribution in [0.4, 0.5) is 5.69 Å². The van der Waals surface area contributed by atoms with Gasteiger partial charge in [0.1, 0.15) is 0 Å². The van der Waals surface area contributed by atoms with E-state index in [1.165, 1.54) is 0 Å². The Morgan fingerprint density at radius 3 is 2.48 bits per heavy atom. The van der Waals surface area contributed by atoms with Crippen molar-refractivity contribution in [3.8, 4) is 11.4 Å². The van der Waals surface area contributed by atoms with Crippen LogP contribution in [0, 0.1) is 0 Å². The molecule has 2 aromatic carbocycles. The minimum Gasteiger partial charge on any atom is -0.325 e. The van der Waals surface area contributed by atoms with Crippen LogP contribution in [0.2, 0.25) is 0 Å². The van der Waals surface area contributed by atoms with Crippen molar-refractivity contribution in [2.75, 3.05) is 5.32 Å². The lowest BCUT2D eigenvalue weighted by Crippen LogP contribution is -2.48. The van der Waals surface area contributed by atoms with Crippen LogP contribution in [0.3, 0.4) is 0 Å². The second kappa shape index (κ2) is 10.1. The zero-order valence-electron chi connectivity index (χ0n) is 16.7. The lowest BCUT2D eigenvalue weighted by atomic mass is 9.96. The third-order valence-corrected chi connectivity index (χ3v) is 4.59. The van der Waals surface area contributed by atoms with Crippen LogP contribution in [0.1, 0.15) is 32.3 Å². The van der Waals surface area contributed by atoms with Crippen LogP contribution >= 0.6 is 12.4 Å². The SMILES string of the molecule is CCCC(C)(N)C(=O)Nc1ccc(CCn2nnc(-c3ccccc3)n2)cc1.Cl. The van der Waals surface area contributed by atoms with Crippen molar-refractivity contribution in [3.05, 3.63) is 60.2 Å². The van der Waals surface area contributed by atoms with Gasteiger partial charge in [0.15, 0.2) is 0 Å². The van der Waals surface area contributed by atoms with Gasteiger partial charge in [-0.15, -0.1) is 22.6 Å². The number of carbonyl (C=O) groups is 1. The highest BCUT2D eigenvalue weighted by molar-refractivity contribution is 5.97. The van der Waals surface area contributed by atoms with Gasteiger partial charge in [-0.1, -0.05) is 55.8 Å². The van der Waals surface area contributed by atoms with Gasteiger partial charge in [-0.05, 0) is 42.7 Å². The Morgan fingerprint density at radius 1 is 1.14 bits per heavy atom. The molecule has 0 fully saturated rings. The minimum atomic E-state index is -0.858. The number of halogens is 1. The van der Waals surface area contributed by atoms with E-state index in [1.54, 1.807) is 11.7 Å². The Balaban J connectivity index is 0.00000300. The van der Waals surface area contributed by atoms with Crippen molar-refractivity contribution >= 4 is 24.0 Å². The molecule has 154 valence electrons. The van der Waals surface area contributed by atoms with Gasteiger partial charge in [0.05, 0.1) is 12.1 Å². The van der Waals surface area contributed by atoms with Crippen molar-refractivity contribution in [1.82, 2.24) is 20.2 Å². The molecule has 0 aliphatic rings. The van der Waals surface area contributed by atoms with Crippen LogP contribution in [-0.2, 0) is 17.8 Å².